The van der Waals surface area contributed by atoms with Gasteiger partial charge in [-0.2, -0.15) is 0 Å². The summed E-state index contributed by atoms with van der Waals surface area (Å²) in [6, 6.07) is 18.3. The summed E-state index contributed by atoms with van der Waals surface area (Å²) in [5.74, 6) is 0.974. The number of carbonyl (C=O) groups excluding carboxylic acids is 1. The average Bonchev–Trinajstić information content (AvgIpc) is 2.78. The first kappa shape index (κ1) is 23.4. The maximum atomic E-state index is 13.0. The Morgan fingerprint density at radius 2 is 1.34 bits per heavy atom. The molecule has 0 spiro atoms. The first-order valence-corrected chi connectivity index (χ1v) is 11.9. The molecule has 0 aliphatic heterocycles. The Morgan fingerprint density at radius 1 is 0.724 bits per heavy atom. The summed E-state index contributed by atoms with van der Waals surface area (Å²) in [6.07, 6.45) is 15.1. The van der Waals surface area contributed by atoms with Crippen LogP contribution < -0.4 is 0 Å². The first-order valence-electron chi connectivity index (χ1n) is 11.9. The van der Waals surface area contributed by atoms with E-state index in [1.54, 1.807) is 0 Å². The Bertz CT molecular complexity index is 688. The molecular weight excluding hydrogens is 352 g/mol. The molecule has 0 saturated heterocycles. The molecule has 0 N–H and O–H groups in total. The van der Waals surface area contributed by atoms with E-state index in [1.807, 2.05) is 36.4 Å². The minimum absolute atomic E-state index is 0.291. The molecule has 1 nitrogen and oxygen atoms in total. The largest absolute Gasteiger partial charge is 0.294 e. The molecule has 0 fully saturated rings. The van der Waals surface area contributed by atoms with Crippen molar-refractivity contribution in [3.05, 3.63) is 60.2 Å². The SMILES string of the molecule is CCCCCCCCCCC(CC)CCC(=O)c1ccccc1-c1ccccc1. The van der Waals surface area contributed by atoms with Gasteiger partial charge in [-0.05, 0) is 23.5 Å². The van der Waals surface area contributed by atoms with E-state index in [-0.39, 0.29) is 0 Å². The highest BCUT2D eigenvalue weighted by atomic mass is 16.1. The van der Waals surface area contributed by atoms with Crippen molar-refractivity contribution in [1.82, 2.24) is 0 Å². The molecule has 0 saturated carbocycles. The van der Waals surface area contributed by atoms with Gasteiger partial charge in [0, 0.05) is 12.0 Å². The van der Waals surface area contributed by atoms with Crippen molar-refractivity contribution in [3.63, 3.8) is 0 Å². The van der Waals surface area contributed by atoms with Crippen LogP contribution in [-0.4, -0.2) is 5.78 Å². The van der Waals surface area contributed by atoms with Gasteiger partial charge in [-0.15, -0.1) is 0 Å². The lowest BCUT2D eigenvalue weighted by Gasteiger charge is -2.15. The van der Waals surface area contributed by atoms with Crippen molar-refractivity contribution < 1.29 is 4.79 Å². The van der Waals surface area contributed by atoms with Crippen molar-refractivity contribution in [2.24, 2.45) is 5.92 Å². The molecule has 29 heavy (non-hydrogen) atoms. The number of rotatable bonds is 15. The Balaban J connectivity index is 1.76. The Hall–Kier alpha value is -1.89. The van der Waals surface area contributed by atoms with Crippen molar-refractivity contribution in [3.8, 4) is 11.1 Å². The normalized spacial score (nSPS) is 12.1. The molecule has 0 bridgehead atoms. The second kappa shape index (κ2) is 14.1. The van der Waals surface area contributed by atoms with E-state index in [4.69, 9.17) is 0 Å². The Morgan fingerprint density at radius 3 is 2.03 bits per heavy atom. The predicted molar refractivity (Wildman–Crippen MR) is 126 cm³/mol. The third-order valence-electron chi connectivity index (χ3n) is 6.14. The summed E-state index contributed by atoms with van der Waals surface area (Å²) in [5.41, 5.74) is 3.07. The molecule has 158 valence electrons. The van der Waals surface area contributed by atoms with E-state index in [0.29, 0.717) is 18.1 Å². The molecule has 0 aliphatic rings. The quantitative estimate of drug-likeness (QED) is 0.218. The molecule has 0 aliphatic carbocycles. The van der Waals surface area contributed by atoms with Crippen LogP contribution in [0.5, 0.6) is 0 Å². The van der Waals surface area contributed by atoms with Gasteiger partial charge in [-0.25, -0.2) is 0 Å². The molecule has 0 amide bonds. The van der Waals surface area contributed by atoms with Gasteiger partial charge >= 0.3 is 0 Å². The summed E-state index contributed by atoms with van der Waals surface area (Å²) in [5, 5.41) is 0. The topological polar surface area (TPSA) is 17.1 Å². The van der Waals surface area contributed by atoms with Crippen LogP contribution in [0.2, 0.25) is 0 Å². The summed E-state index contributed by atoms with van der Waals surface area (Å²) in [6.45, 7) is 4.55. The number of carbonyl (C=O) groups is 1. The van der Waals surface area contributed by atoms with Gasteiger partial charge in [0.15, 0.2) is 5.78 Å². The maximum Gasteiger partial charge on any atom is 0.163 e. The van der Waals surface area contributed by atoms with Crippen LogP contribution in [0, 0.1) is 5.92 Å². The highest BCUT2D eigenvalue weighted by molar-refractivity contribution is 6.02. The van der Waals surface area contributed by atoms with E-state index in [9.17, 15) is 4.79 Å². The minimum Gasteiger partial charge on any atom is -0.294 e. The summed E-state index contributed by atoms with van der Waals surface area (Å²) < 4.78 is 0. The van der Waals surface area contributed by atoms with E-state index >= 15 is 0 Å². The second-order valence-corrected chi connectivity index (χ2v) is 8.41. The number of hydrogen-bond acceptors (Lipinski definition) is 1. The monoisotopic (exact) mass is 392 g/mol. The number of Topliss-reactive ketones (excluding diaryl/α,β-unsaturated/α-hetero) is 1. The van der Waals surface area contributed by atoms with Crippen LogP contribution >= 0.6 is 0 Å². The number of benzene rings is 2. The molecule has 0 aromatic heterocycles. The van der Waals surface area contributed by atoms with Gasteiger partial charge in [0.1, 0.15) is 0 Å². The molecular formula is C28H40O. The Kier molecular flexibility index (Phi) is 11.4. The molecule has 0 radical (unpaired) electrons. The smallest absolute Gasteiger partial charge is 0.163 e. The van der Waals surface area contributed by atoms with E-state index in [1.165, 1.54) is 64.2 Å². The van der Waals surface area contributed by atoms with E-state index in [2.05, 4.69) is 32.0 Å². The number of unbranched alkanes of at least 4 members (excludes halogenated alkanes) is 7. The van der Waals surface area contributed by atoms with E-state index < -0.39 is 0 Å². The molecule has 2 aromatic rings. The van der Waals surface area contributed by atoms with Crippen LogP contribution in [-0.2, 0) is 0 Å². The predicted octanol–water partition coefficient (Wildman–Crippen LogP) is 8.87. The molecule has 1 heteroatoms. The van der Waals surface area contributed by atoms with Gasteiger partial charge in [-0.3, -0.25) is 4.79 Å². The zero-order chi connectivity index (χ0) is 20.7. The fourth-order valence-corrected chi connectivity index (χ4v) is 4.19. The average molecular weight is 393 g/mol. The van der Waals surface area contributed by atoms with Crippen LogP contribution in [0.1, 0.15) is 101 Å². The number of hydrogen-bond donors (Lipinski definition) is 0. The van der Waals surface area contributed by atoms with Crippen molar-refractivity contribution in [2.45, 2.75) is 90.9 Å². The lowest BCUT2D eigenvalue weighted by Crippen LogP contribution is -2.06. The van der Waals surface area contributed by atoms with Gasteiger partial charge in [0.05, 0.1) is 0 Å². The van der Waals surface area contributed by atoms with Crippen molar-refractivity contribution >= 4 is 5.78 Å². The standard InChI is InChI=1S/C28H40O/c1-3-5-6-7-8-9-10-12-17-24(4-2)22-23-28(29)27-21-16-15-20-26(27)25-18-13-11-14-19-25/h11,13-16,18-21,24H,3-10,12,17,22-23H2,1-2H3. The molecule has 0 heterocycles. The van der Waals surface area contributed by atoms with Gasteiger partial charge in [0.25, 0.3) is 0 Å². The second-order valence-electron chi connectivity index (χ2n) is 8.41. The first-order chi connectivity index (χ1) is 14.3. The summed E-state index contributed by atoms with van der Waals surface area (Å²) in [4.78, 5) is 13.0. The van der Waals surface area contributed by atoms with Gasteiger partial charge in [-0.1, -0.05) is 133 Å². The van der Waals surface area contributed by atoms with Gasteiger partial charge < -0.3 is 0 Å². The highest BCUT2D eigenvalue weighted by Crippen LogP contribution is 2.26. The van der Waals surface area contributed by atoms with E-state index in [0.717, 1.165) is 23.1 Å². The van der Waals surface area contributed by atoms with Crippen LogP contribution in [0.25, 0.3) is 11.1 Å². The van der Waals surface area contributed by atoms with Crippen molar-refractivity contribution in [2.75, 3.05) is 0 Å². The fraction of sp³-hybridized carbons (Fsp3) is 0.536. The molecule has 1 atom stereocenters. The maximum absolute atomic E-state index is 13.0. The minimum atomic E-state index is 0.291. The highest BCUT2D eigenvalue weighted by Gasteiger charge is 2.14. The van der Waals surface area contributed by atoms with Gasteiger partial charge in [0.2, 0.25) is 0 Å². The lowest BCUT2D eigenvalue weighted by atomic mass is 9.89. The lowest BCUT2D eigenvalue weighted by molar-refractivity contribution is 0.0973. The van der Waals surface area contributed by atoms with Crippen molar-refractivity contribution in [1.29, 1.82) is 0 Å². The zero-order valence-electron chi connectivity index (χ0n) is 18.7. The molecule has 2 aromatic carbocycles. The summed E-state index contributed by atoms with van der Waals surface area (Å²) >= 11 is 0. The fourth-order valence-electron chi connectivity index (χ4n) is 4.19. The number of ketones is 1. The third-order valence-corrected chi connectivity index (χ3v) is 6.14. The summed E-state index contributed by atoms with van der Waals surface area (Å²) in [7, 11) is 0. The van der Waals surface area contributed by atoms with Crippen LogP contribution in [0.3, 0.4) is 0 Å². The Labute approximate surface area is 178 Å². The van der Waals surface area contributed by atoms with Crippen LogP contribution in [0.4, 0.5) is 0 Å². The van der Waals surface area contributed by atoms with Crippen LogP contribution in [0.15, 0.2) is 54.6 Å². The third kappa shape index (κ3) is 8.56. The zero-order valence-corrected chi connectivity index (χ0v) is 18.7. The molecule has 2 rings (SSSR count). The molecule has 1 unspecified atom stereocenters.